The number of ether oxygens (including phenoxy) is 1. The van der Waals surface area contributed by atoms with Crippen molar-refractivity contribution in [1.82, 2.24) is 5.32 Å². The summed E-state index contributed by atoms with van der Waals surface area (Å²) in [5.41, 5.74) is 0. The van der Waals surface area contributed by atoms with E-state index >= 15 is 0 Å². The van der Waals surface area contributed by atoms with Crippen LogP contribution in [0.5, 0.6) is 5.75 Å². The molecule has 1 aromatic carbocycles. The first-order valence-corrected chi connectivity index (χ1v) is 7.55. The molecule has 1 N–H and O–H groups in total. The molecule has 0 radical (unpaired) electrons. The van der Waals surface area contributed by atoms with Crippen molar-refractivity contribution in [3.8, 4) is 5.75 Å². The Hall–Kier alpha value is 0.420. The van der Waals surface area contributed by atoms with Crippen LogP contribution in [0.25, 0.3) is 0 Å². The van der Waals surface area contributed by atoms with Crippen molar-refractivity contribution in [2.45, 2.75) is 18.9 Å². The van der Waals surface area contributed by atoms with Crippen LogP contribution in [-0.2, 0) is 0 Å². The fourth-order valence-electron chi connectivity index (χ4n) is 1.37. The van der Waals surface area contributed by atoms with E-state index in [-0.39, 0.29) is 0 Å². The van der Waals surface area contributed by atoms with Gasteiger partial charge in [-0.05, 0) is 56.8 Å². The molecule has 0 heterocycles. The summed E-state index contributed by atoms with van der Waals surface area (Å²) in [6.45, 7) is 1.59. The van der Waals surface area contributed by atoms with Gasteiger partial charge in [0, 0.05) is 17.1 Å². The molecule has 0 amide bonds. The molecule has 0 unspecified atom stereocenters. The van der Waals surface area contributed by atoms with Crippen molar-refractivity contribution >= 4 is 47.8 Å². The van der Waals surface area contributed by atoms with E-state index in [4.69, 9.17) is 4.74 Å². The maximum Gasteiger partial charge on any atom is 0.147 e. The summed E-state index contributed by atoms with van der Waals surface area (Å²) in [7, 11) is 0. The molecule has 88 valence electrons. The van der Waals surface area contributed by atoms with Gasteiger partial charge in [0.1, 0.15) is 12.4 Å². The van der Waals surface area contributed by atoms with Crippen LogP contribution in [0.3, 0.4) is 0 Å². The first kappa shape index (κ1) is 12.9. The van der Waals surface area contributed by atoms with Crippen LogP contribution in [0.4, 0.5) is 0 Å². The minimum atomic E-state index is 0.690. The molecule has 1 aliphatic carbocycles. The topological polar surface area (TPSA) is 21.3 Å². The normalized spacial score (nSPS) is 15.2. The lowest BCUT2D eigenvalue weighted by atomic mass is 10.3. The van der Waals surface area contributed by atoms with Gasteiger partial charge in [-0.2, -0.15) is 0 Å². The van der Waals surface area contributed by atoms with Gasteiger partial charge in [0.15, 0.2) is 0 Å². The van der Waals surface area contributed by atoms with E-state index in [1.54, 1.807) is 0 Å². The lowest BCUT2D eigenvalue weighted by Crippen LogP contribution is -2.22. The van der Waals surface area contributed by atoms with E-state index in [9.17, 15) is 0 Å². The second-order valence-electron chi connectivity index (χ2n) is 3.78. The van der Waals surface area contributed by atoms with E-state index < -0.39 is 0 Å². The van der Waals surface area contributed by atoms with Crippen LogP contribution in [0.1, 0.15) is 12.8 Å². The monoisotopic (exact) mass is 411 g/mol. The number of hydrogen-bond donors (Lipinski definition) is 1. The van der Waals surface area contributed by atoms with Crippen molar-refractivity contribution in [3.63, 3.8) is 0 Å². The van der Waals surface area contributed by atoms with Gasteiger partial charge in [0.25, 0.3) is 0 Å². The molecule has 0 saturated heterocycles. The molecule has 5 heteroatoms. The lowest BCUT2D eigenvalue weighted by Gasteiger charge is -2.11. The molecular formula is C11H12Br3NO. The van der Waals surface area contributed by atoms with Gasteiger partial charge < -0.3 is 10.1 Å². The summed E-state index contributed by atoms with van der Waals surface area (Å²) in [6, 6.07) is 4.70. The van der Waals surface area contributed by atoms with Crippen molar-refractivity contribution in [3.05, 3.63) is 25.6 Å². The van der Waals surface area contributed by atoms with Crippen molar-refractivity contribution in [2.24, 2.45) is 0 Å². The Morgan fingerprint density at radius 1 is 1.19 bits per heavy atom. The minimum absolute atomic E-state index is 0.690. The molecule has 0 atom stereocenters. The third kappa shape index (κ3) is 3.72. The first-order valence-electron chi connectivity index (χ1n) is 5.17. The SMILES string of the molecule is Brc1cc(Br)c(OCCNC2CC2)c(Br)c1. The highest BCUT2D eigenvalue weighted by Crippen LogP contribution is 2.36. The summed E-state index contributed by atoms with van der Waals surface area (Å²) >= 11 is 10.4. The van der Waals surface area contributed by atoms with Crippen LogP contribution in [0, 0.1) is 0 Å². The van der Waals surface area contributed by atoms with Gasteiger partial charge in [0.2, 0.25) is 0 Å². The standard InChI is InChI=1S/C11H12Br3NO/c12-7-5-9(13)11(10(14)6-7)16-4-3-15-8-1-2-8/h5-6,8,15H,1-4H2. The minimum Gasteiger partial charge on any atom is -0.490 e. The van der Waals surface area contributed by atoms with Crippen molar-refractivity contribution in [2.75, 3.05) is 13.2 Å². The highest BCUT2D eigenvalue weighted by molar-refractivity contribution is 9.11. The van der Waals surface area contributed by atoms with Gasteiger partial charge in [-0.25, -0.2) is 0 Å². The molecule has 0 spiro atoms. The summed E-state index contributed by atoms with van der Waals surface area (Å²) in [5.74, 6) is 0.862. The molecule has 1 aromatic rings. The van der Waals surface area contributed by atoms with Gasteiger partial charge in [-0.1, -0.05) is 15.9 Å². The largest absolute Gasteiger partial charge is 0.490 e. The van der Waals surface area contributed by atoms with Crippen LogP contribution >= 0.6 is 47.8 Å². The van der Waals surface area contributed by atoms with Gasteiger partial charge >= 0.3 is 0 Å². The first-order chi connectivity index (χ1) is 7.66. The number of halogens is 3. The zero-order valence-corrected chi connectivity index (χ0v) is 13.4. The average molecular weight is 414 g/mol. The predicted molar refractivity (Wildman–Crippen MR) is 76.1 cm³/mol. The molecule has 2 nitrogen and oxygen atoms in total. The maximum atomic E-state index is 5.72. The number of rotatable bonds is 5. The van der Waals surface area contributed by atoms with Crippen LogP contribution in [0.15, 0.2) is 25.6 Å². The van der Waals surface area contributed by atoms with Gasteiger partial charge in [-0.3, -0.25) is 0 Å². The summed E-state index contributed by atoms with van der Waals surface area (Å²) in [5, 5.41) is 3.41. The Kier molecular flexibility index (Phi) is 4.70. The van der Waals surface area contributed by atoms with Gasteiger partial charge in [0.05, 0.1) is 8.95 Å². The van der Waals surface area contributed by atoms with Crippen molar-refractivity contribution < 1.29 is 4.74 Å². The quantitative estimate of drug-likeness (QED) is 0.733. The number of nitrogens with one attached hydrogen (secondary N) is 1. The smallest absolute Gasteiger partial charge is 0.147 e. The highest BCUT2D eigenvalue weighted by atomic mass is 79.9. The number of benzene rings is 1. The Morgan fingerprint density at radius 2 is 1.81 bits per heavy atom. The Balaban J connectivity index is 1.87. The Morgan fingerprint density at radius 3 is 2.38 bits per heavy atom. The average Bonchev–Trinajstić information content (AvgIpc) is 2.98. The predicted octanol–water partition coefficient (Wildman–Crippen LogP) is 4.10. The molecule has 0 aromatic heterocycles. The Labute approximate surface area is 121 Å². The molecule has 0 bridgehead atoms. The van der Waals surface area contributed by atoms with E-state index in [1.807, 2.05) is 12.1 Å². The number of hydrogen-bond acceptors (Lipinski definition) is 2. The van der Waals surface area contributed by atoms with E-state index in [1.165, 1.54) is 12.8 Å². The third-order valence-corrected chi connectivity index (χ3v) is 3.96. The fraction of sp³-hybridized carbons (Fsp3) is 0.455. The van der Waals surface area contributed by atoms with Gasteiger partial charge in [-0.15, -0.1) is 0 Å². The maximum absolute atomic E-state index is 5.72. The fourth-order valence-corrected chi connectivity index (χ4v) is 3.86. The molecule has 1 fully saturated rings. The zero-order chi connectivity index (χ0) is 11.5. The third-order valence-electron chi connectivity index (χ3n) is 2.32. The highest BCUT2D eigenvalue weighted by Gasteiger charge is 2.19. The lowest BCUT2D eigenvalue weighted by molar-refractivity contribution is 0.309. The second kappa shape index (κ2) is 5.85. The second-order valence-corrected chi connectivity index (χ2v) is 6.40. The van der Waals surface area contributed by atoms with Crippen LogP contribution in [-0.4, -0.2) is 19.2 Å². The van der Waals surface area contributed by atoms with Crippen LogP contribution < -0.4 is 10.1 Å². The van der Waals surface area contributed by atoms with E-state index in [0.717, 1.165) is 31.8 Å². The summed E-state index contributed by atoms with van der Waals surface area (Å²) in [4.78, 5) is 0. The molecular weight excluding hydrogens is 402 g/mol. The summed E-state index contributed by atoms with van der Waals surface area (Å²) in [6.07, 6.45) is 2.62. The molecule has 0 aliphatic heterocycles. The molecule has 1 saturated carbocycles. The van der Waals surface area contributed by atoms with E-state index in [0.29, 0.717) is 6.61 Å². The molecule has 1 aliphatic rings. The summed E-state index contributed by atoms with van der Waals surface area (Å²) < 4.78 is 8.66. The molecule has 2 rings (SSSR count). The van der Waals surface area contributed by atoms with Crippen molar-refractivity contribution in [1.29, 1.82) is 0 Å². The molecule has 16 heavy (non-hydrogen) atoms. The zero-order valence-electron chi connectivity index (χ0n) is 8.60. The Bertz CT molecular complexity index is 356. The van der Waals surface area contributed by atoms with E-state index in [2.05, 4.69) is 53.1 Å². The van der Waals surface area contributed by atoms with Crippen LogP contribution in [0.2, 0.25) is 0 Å².